The van der Waals surface area contributed by atoms with Gasteiger partial charge in [-0.05, 0) is 45.4 Å². The van der Waals surface area contributed by atoms with Crippen LogP contribution < -0.4 is 10.3 Å². The zero-order chi connectivity index (χ0) is 17.1. The van der Waals surface area contributed by atoms with Gasteiger partial charge in [0.15, 0.2) is 0 Å². The smallest absolute Gasteiger partial charge is 0.278 e. The fourth-order valence-electron chi connectivity index (χ4n) is 2.88. The number of hydrogen-bond donors (Lipinski definition) is 1. The molecule has 1 aromatic carbocycles. The van der Waals surface area contributed by atoms with E-state index in [9.17, 15) is 9.90 Å². The van der Waals surface area contributed by atoms with Crippen molar-refractivity contribution in [2.45, 2.75) is 40.8 Å². The highest BCUT2D eigenvalue weighted by atomic mass is 16.5. The summed E-state index contributed by atoms with van der Waals surface area (Å²) in [5.74, 6) is 6.34. The average Bonchev–Trinajstić information content (AvgIpc) is 2.77. The van der Waals surface area contributed by atoms with Crippen LogP contribution in [-0.2, 0) is 13.1 Å². The normalized spacial score (nSPS) is 10.3. The van der Waals surface area contributed by atoms with E-state index in [0.717, 1.165) is 11.1 Å². The number of rotatable bonds is 4. The number of aryl methyl sites for hydroxylation is 1. The molecule has 0 saturated carbocycles. The fourth-order valence-corrected chi connectivity index (χ4v) is 2.88. The lowest BCUT2D eigenvalue weighted by Gasteiger charge is -2.11. The predicted octanol–water partition coefficient (Wildman–Crippen LogP) is 2.75. The van der Waals surface area contributed by atoms with Crippen LogP contribution in [0.5, 0.6) is 11.6 Å². The molecule has 2 rings (SSSR count). The first-order valence-electron chi connectivity index (χ1n) is 7.64. The Bertz CT molecular complexity index is 848. The highest BCUT2D eigenvalue weighted by Gasteiger charge is 2.24. The number of benzene rings is 1. The van der Waals surface area contributed by atoms with Crippen molar-refractivity contribution in [3.05, 3.63) is 33.6 Å². The van der Waals surface area contributed by atoms with Crippen molar-refractivity contribution in [1.29, 1.82) is 0 Å². The number of hydrogen-bond acceptors (Lipinski definition) is 3. The van der Waals surface area contributed by atoms with Gasteiger partial charge in [0.2, 0.25) is 5.88 Å². The summed E-state index contributed by atoms with van der Waals surface area (Å²) in [5.41, 5.74) is 2.33. The number of aromatic nitrogens is 2. The van der Waals surface area contributed by atoms with E-state index in [2.05, 4.69) is 11.8 Å². The highest BCUT2D eigenvalue weighted by molar-refractivity contribution is 5.78. The highest BCUT2D eigenvalue weighted by Crippen LogP contribution is 2.37. The van der Waals surface area contributed by atoms with E-state index >= 15 is 0 Å². The Morgan fingerprint density at radius 1 is 1.17 bits per heavy atom. The predicted molar refractivity (Wildman–Crippen MR) is 91.0 cm³/mol. The second-order valence-electron chi connectivity index (χ2n) is 5.18. The molecule has 2 aromatic rings. The topological polar surface area (TPSA) is 56.4 Å². The van der Waals surface area contributed by atoms with Gasteiger partial charge in [-0.1, -0.05) is 5.92 Å². The Labute approximate surface area is 136 Å². The largest absolute Gasteiger partial charge is 0.496 e. The average molecular weight is 314 g/mol. The molecule has 0 aliphatic carbocycles. The van der Waals surface area contributed by atoms with Gasteiger partial charge in [0.05, 0.1) is 7.11 Å². The molecule has 1 aromatic heterocycles. The molecular weight excluding hydrogens is 292 g/mol. The zero-order valence-electron chi connectivity index (χ0n) is 14.2. The monoisotopic (exact) mass is 314 g/mol. The molecule has 0 radical (unpaired) electrons. The van der Waals surface area contributed by atoms with Gasteiger partial charge in [-0.2, -0.15) is 0 Å². The van der Waals surface area contributed by atoms with Crippen LogP contribution >= 0.6 is 0 Å². The van der Waals surface area contributed by atoms with E-state index in [0.29, 0.717) is 24.4 Å². The number of ether oxygens (including phenoxy) is 1. The molecule has 1 N–H and O–H groups in total. The molecule has 122 valence electrons. The summed E-state index contributed by atoms with van der Waals surface area (Å²) in [4.78, 5) is 12.7. The molecule has 0 aliphatic heterocycles. The Morgan fingerprint density at radius 3 is 2.30 bits per heavy atom. The summed E-state index contributed by atoms with van der Waals surface area (Å²) in [6, 6.07) is 3.68. The van der Waals surface area contributed by atoms with Gasteiger partial charge in [0, 0.05) is 24.2 Å². The van der Waals surface area contributed by atoms with Gasteiger partial charge >= 0.3 is 0 Å². The van der Waals surface area contributed by atoms with E-state index < -0.39 is 0 Å². The minimum absolute atomic E-state index is 0.0323. The SMILES string of the molecule is CC#Cc1cc(C)c(-c2c(O)n(CC)n(CC)c2=O)c(OC)c1. The quantitative estimate of drug-likeness (QED) is 0.883. The van der Waals surface area contributed by atoms with E-state index in [1.807, 2.05) is 26.8 Å². The molecule has 0 aliphatic rings. The third-order valence-electron chi connectivity index (χ3n) is 3.85. The first-order chi connectivity index (χ1) is 11.0. The van der Waals surface area contributed by atoms with Gasteiger partial charge in [-0.25, -0.2) is 4.68 Å². The molecule has 0 amide bonds. The van der Waals surface area contributed by atoms with Crippen molar-refractivity contribution < 1.29 is 9.84 Å². The number of methoxy groups -OCH3 is 1. The lowest BCUT2D eigenvalue weighted by Crippen LogP contribution is -2.22. The molecule has 5 heteroatoms. The van der Waals surface area contributed by atoms with Crippen LogP contribution in [0.15, 0.2) is 16.9 Å². The summed E-state index contributed by atoms with van der Waals surface area (Å²) in [7, 11) is 1.55. The first-order valence-corrected chi connectivity index (χ1v) is 7.64. The van der Waals surface area contributed by atoms with E-state index in [1.165, 1.54) is 4.68 Å². The molecule has 1 heterocycles. The van der Waals surface area contributed by atoms with Crippen molar-refractivity contribution in [2.24, 2.45) is 0 Å². The van der Waals surface area contributed by atoms with Crippen molar-refractivity contribution in [3.63, 3.8) is 0 Å². The maximum Gasteiger partial charge on any atom is 0.278 e. The minimum atomic E-state index is -0.220. The van der Waals surface area contributed by atoms with Crippen LogP contribution in [0.4, 0.5) is 0 Å². The third kappa shape index (κ3) is 2.72. The molecule has 5 nitrogen and oxygen atoms in total. The van der Waals surface area contributed by atoms with E-state index in [1.54, 1.807) is 24.8 Å². The third-order valence-corrected chi connectivity index (χ3v) is 3.85. The summed E-state index contributed by atoms with van der Waals surface area (Å²) >= 11 is 0. The Balaban J connectivity index is 2.84. The lowest BCUT2D eigenvalue weighted by molar-refractivity contribution is 0.366. The van der Waals surface area contributed by atoms with Crippen LogP contribution in [0.1, 0.15) is 31.9 Å². The Hall–Kier alpha value is -2.61. The lowest BCUT2D eigenvalue weighted by atomic mass is 9.98. The summed E-state index contributed by atoms with van der Waals surface area (Å²) in [5, 5.41) is 10.6. The molecule has 0 atom stereocenters. The molecule has 0 fully saturated rings. The van der Waals surface area contributed by atoms with Gasteiger partial charge in [-0.3, -0.25) is 9.48 Å². The van der Waals surface area contributed by atoms with E-state index in [-0.39, 0.29) is 17.0 Å². The molecule has 0 unspecified atom stereocenters. The summed E-state index contributed by atoms with van der Waals surface area (Å²) < 4.78 is 8.57. The van der Waals surface area contributed by atoms with Crippen LogP contribution in [0, 0.1) is 18.8 Å². The molecular formula is C18H22N2O3. The first kappa shape index (κ1) is 16.8. The van der Waals surface area contributed by atoms with Crippen LogP contribution in [0.2, 0.25) is 0 Å². The van der Waals surface area contributed by atoms with Crippen LogP contribution in [-0.4, -0.2) is 21.6 Å². The number of aromatic hydroxyl groups is 1. The summed E-state index contributed by atoms with van der Waals surface area (Å²) in [6.45, 7) is 8.41. The van der Waals surface area contributed by atoms with Crippen LogP contribution in [0.3, 0.4) is 0 Å². The van der Waals surface area contributed by atoms with Crippen molar-refractivity contribution >= 4 is 0 Å². The Morgan fingerprint density at radius 2 is 1.83 bits per heavy atom. The molecule has 0 spiro atoms. The summed E-state index contributed by atoms with van der Waals surface area (Å²) in [6.07, 6.45) is 0. The second-order valence-corrected chi connectivity index (χ2v) is 5.18. The fraction of sp³-hybridized carbons (Fsp3) is 0.389. The molecule has 0 saturated heterocycles. The standard InChI is InChI=1S/C18H22N2O3/c1-6-9-13-10-12(4)15(14(11-13)23-5)16-17(21)19(7-2)20(8-3)18(16)22/h10-11,21H,7-8H2,1-5H3. The van der Waals surface area contributed by atoms with Gasteiger partial charge in [-0.15, -0.1) is 5.92 Å². The van der Waals surface area contributed by atoms with Crippen molar-refractivity contribution in [3.8, 4) is 34.6 Å². The second kappa shape index (κ2) is 6.66. The van der Waals surface area contributed by atoms with Gasteiger partial charge in [0.25, 0.3) is 5.56 Å². The van der Waals surface area contributed by atoms with Gasteiger partial charge < -0.3 is 9.84 Å². The van der Waals surface area contributed by atoms with Crippen LogP contribution in [0.25, 0.3) is 11.1 Å². The van der Waals surface area contributed by atoms with E-state index in [4.69, 9.17) is 4.74 Å². The maximum atomic E-state index is 12.7. The number of nitrogens with zero attached hydrogens (tertiary/aromatic N) is 2. The maximum absolute atomic E-state index is 12.7. The minimum Gasteiger partial charge on any atom is -0.496 e. The Kier molecular flexibility index (Phi) is 4.85. The van der Waals surface area contributed by atoms with Crippen molar-refractivity contribution in [2.75, 3.05) is 7.11 Å². The zero-order valence-corrected chi connectivity index (χ0v) is 14.2. The molecule has 23 heavy (non-hydrogen) atoms. The van der Waals surface area contributed by atoms with Gasteiger partial charge in [0.1, 0.15) is 11.3 Å². The molecule has 0 bridgehead atoms. The van der Waals surface area contributed by atoms with Crippen molar-refractivity contribution in [1.82, 2.24) is 9.36 Å².